The predicted octanol–water partition coefficient (Wildman–Crippen LogP) is 1.63. The molecule has 2 N–H and O–H groups in total. The number of hydrogen-bond donors (Lipinski definition) is 2. The summed E-state index contributed by atoms with van der Waals surface area (Å²) in [4.78, 5) is 16.8. The van der Waals surface area contributed by atoms with Crippen molar-refractivity contribution < 1.29 is 9.90 Å². The average molecular weight is 319 g/mol. The Morgan fingerprint density at radius 3 is 2.35 bits per heavy atom. The molecule has 1 amide bonds. The summed E-state index contributed by atoms with van der Waals surface area (Å²) in [6.07, 6.45) is 0.962. The molecule has 5 heteroatoms. The highest BCUT2D eigenvalue weighted by Gasteiger charge is 2.23. The number of aliphatic hydroxyl groups is 1. The molecule has 1 aliphatic heterocycles. The Bertz CT molecular complexity index is 501. The van der Waals surface area contributed by atoms with E-state index in [1.165, 1.54) is 0 Å². The van der Waals surface area contributed by atoms with Crippen LogP contribution in [0.5, 0.6) is 0 Å². The van der Waals surface area contributed by atoms with Crippen molar-refractivity contribution in [3.8, 4) is 0 Å². The first-order valence-electron chi connectivity index (χ1n) is 8.48. The number of aryl methyl sites for hydroxylation is 2. The number of benzene rings is 1. The summed E-state index contributed by atoms with van der Waals surface area (Å²) < 4.78 is 0. The van der Waals surface area contributed by atoms with Crippen molar-refractivity contribution in [1.29, 1.82) is 0 Å². The third-order valence-corrected chi connectivity index (χ3v) is 4.72. The number of aliphatic hydroxyl groups excluding tert-OH is 1. The molecule has 1 heterocycles. The van der Waals surface area contributed by atoms with Crippen LogP contribution in [0.4, 0.5) is 5.69 Å². The maximum atomic E-state index is 12.3. The molecule has 0 radical (unpaired) electrons. The lowest BCUT2D eigenvalue weighted by molar-refractivity contribution is -0.117. The second kappa shape index (κ2) is 8.43. The van der Waals surface area contributed by atoms with Crippen molar-refractivity contribution in [2.45, 2.75) is 33.2 Å². The van der Waals surface area contributed by atoms with E-state index in [0.717, 1.165) is 49.4 Å². The van der Waals surface area contributed by atoms with E-state index in [4.69, 9.17) is 0 Å². The quantitative estimate of drug-likeness (QED) is 0.837. The lowest BCUT2D eigenvalue weighted by Crippen LogP contribution is -2.52. The zero-order valence-electron chi connectivity index (χ0n) is 14.5. The van der Waals surface area contributed by atoms with Gasteiger partial charge in [-0.25, -0.2) is 0 Å². The third kappa shape index (κ3) is 4.77. The van der Waals surface area contributed by atoms with Crippen LogP contribution in [-0.2, 0) is 4.79 Å². The summed E-state index contributed by atoms with van der Waals surface area (Å²) in [6.45, 7) is 10.3. The summed E-state index contributed by atoms with van der Waals surface area (Å²) in [6, 6.07) is 6.29. The number of nitrogens with one attached hydrogen (secondary N) is 1. The summed E-state index contributed by atoms with van der Waals surface area (Å²) in [7, 11) is 0. The molecule has 0 saturated carbocycles. The first-order valence-corrected chi connectivity index (χ1v) is 8.48. The van der Waals surface area contributed by atoms with Crippen molar-refractivity contribution >= 4 is 11.6 Å². The number of nitrogens with zero attached hydrogens (tertiary/aromatic N) is 2. The van der Waals surface area contributed by atoms with Crippen LogP contribution in [0.25, 0.3) is 0 Å². The first-order chi connectivity index (χ1) is 11.0. The smallest absolute Gasteiger partial charge is 0.238 e. The second-order valence-electron chi connectivity index (χ2n) is 6.37. The van der Waals surface area contributed by atoms with Crippen LogP contribution >= 0.6 is 0 Å². The Hall–Kier alpha value is -1.43. The monoisotopic (exact) mass is 319 g/mol. The van der Waals surface area contributed by atoms with Crippen LogP contribution in [0, 0.1) is 13.8 Å². The lowest BCUT2D eigenvalue weighted by atomic mass is 10.1. The van der Waals surface area contributed by atoms with Gasteiger partial charge in [0, 0.05) is 37.9 Å². The van der Waals surface area contributed by atoms with Gasteiger partial charge in [-0.05, 0) is 31.4 Å². The van der Waals surface area contributed by atoms with Gasteiger partial charge in [0.1, 0.15) is 0 Å². The number of piperazine rings is 1. The minimum Gasteiger partial charge on any atom is -0.395 e. The molecular weight excluding hydrogens is 290 g/mol. The van der Waals surface area contributed by atoms with Crippen molar-refractivity contribution in [2.24, 2.45) is 0 Å². The Labute approximate surface area is 139 Å². The van der Waals surface area contributed by atoms with Crippen molar-refractivity contribution in [3.63, 3.8) is 0 Å². The van der Waals surface area contributed by atoms with E-state index in [9.17, 15) is 9.90 Å². The molecule has 1 aliphatic rings. The molecule has 23 heavy (non-hydrogen) atoms. The number of hydrogen-bond acceptors (Lipinski definition) is 4. The van der Waals surface area contributed by atoms with E-state index in [-0.39, 0.29) is 18.6 Å². The van der Waals surface area contributed by atoms with E-state index >= 15 is 0 Å². The Morgan fingerprint density at radius 1 is 1.22 bits per heavy atom. The average Bonchev–Trinajstić information content (AvgIpc) is 2.54. The topological polar surface area (TPSA) is 55.8 Å². The van der Waals surface area contributed by atoms with Crippen LogP contribution in [0.2, 0.25) is 0 Å². The molecule has 1 aromatic rings. The molecule has 128 valence electrons. The van der Waals surface area contributed by atoms with E-state index in [2.05, 4.69) is 22.0 Å². The van der Waals surface area contributed by atoms with Crippen LogP contribution in [0.3, 0.4) is 0 Å². The maximum absolute atomic E-state index is 12.3. The number of carbonyl (C=O) groups excluding carboxylic acids is 1. The van der Waals surface area contributed by atoms with Crippen LogP contribution in [0.1, 0.15) is 24.5 Å². The highest BCUT2D eigenvalue weighted by atomic mass is 16.3. The molecule has 0 aliphatic carbocycles. The van der Waals surface area contributed by atoms with E-state index in [1.54, 1.807) is 0 Å². The molecule has 0 bridgehead atoms. The van der Waals surface area contributed by atoms with Crippen LogP contribution in [-0.4, -0.2) is 66.2 Å². The summed E-state index contributed by atoms with van der Waals surface area (Å²) in [5.74, 6) is 0.0463. The number of para-hydroxylation sites is 1. The molecule has 1 fully saturated rings. The van der Waals surface area contributed by atoms with Gasteiger partial charge in [0.25, 0.3) is 0 Å². The summed E-state index contributed by atoms with van der Waals surface area (Å²) in [5.41, 5.74) is 3.12. The van der Waals surface area contributed by atoms with Gasteiger partial charge in [0.2, 0.25) is 5.91 Å². The molecule has 0 aromatic heterocycles. The van der Waals surface area contributed by atoms with Gasteiger partial charge in [-0.2, -0.15) is 0 Å². The number of rotatable bonds is 6. The van der Waals surface area contributed by atoms with Crippen molar-refractivity contribution in [3.05, 3.63) is 29.3 Å². The minimum absolute atomic E-state index is 0.0463. The molecule has 1 unspecified atom stereocenters. The molecule has 2 rings (SSSR count). The normalized spacial score (nSPS) is 17.9. The number of amides is 1. The number of carbonyl (C=O) groups is 1. The molecular formula is C18H29N3O2. The maximum Gasteiger partial charge on any atom is 0.238 e. The fourth-order valence-electron chi connectivity index (χ4n) is 3.18. The SMILES string of the molecule is CCC(CO)N1CCN(CC(=O)Nc2c(C)cccc2C)CC1. The summed E-state index contributed by atoms with van der Waals surface area (Å²) in [5, 5.41) is 12.4. The van der Waals surface area contributed by atoms with Gasteiger partial charge < -0.3 is 10.4 Å². The fraction of sp³-hybridized carbons (Fsp3) is 0.611. The van der Waals surface area contributed by atoms with Gasteiger partial charge >= 0.3 is 0 Å². The number of anilines is 1. The fourth-order valence-corrected chi connectivity index (χ4v) is 3.18. The van der Waals surface area contributed by atoms with Crippen LogP contribution in [0.15, 0.2) is 18.2 Å². The Balaban J connectivity index is 1.83. The summed E-state index contributed by atoms with van der Waals surface area (Å²) >= 11 is 0. The van der Waals surface area contributed by atoms with Gasteiger partial charge in [-0.3, -0.25) is 14.6 Å². The van der Waals surface area contributed by atoms with Gasteiger partial charge in [0.05, 0.1) is 13.2 Å². The standard InChI is InChI=1S/C18H29N3O2/c1-4-16(13-22)21-10-8-20(9-11-21)12-17(23)19-18-14(2)6-5-7-15(18)3/h5-7,16,22H,4,8-13H2,1-3H3,(H,19,23). The highest BCUT2D eigenvalue weighted by Crippen LogP contribution is 2.19. The third-order valence-electron chi connectivity index (χ3n) is 4.72. The van der Waals surface area contributed by atoms with Gasteiger partial charge in [-0.1, -0.05) is 25.1 Å². The first kappa shape index (κ1) is 17.9. The zero-order valence-corrected chi connectivity index (χ0v) is 14.5. The largest absolute Gasteiger partial charge is 0.395 e. The Kier molecular flexibility index (Phi) is 6.57. The Morgan fingerprint density at radius 2 is 1.83 bits per heavy atom. The van der Waals surface area contributed by atoms with Crippen LogP contribution < -0.4 is 5.32 Å². The minimum atomic E-state index is 0.0463. The molecule has 1 atom stereocenters. The molecule has 1 aromatic carbocycles. The van der Waals surface area contributed by atoms with E-state index in [1.807, 2.05) is 32.0 Å². The second-order valence-corrected chi connectivity index (χ2v) is 6.37. The lowest BCUT2D eigenvalue weighted by Gasteiger charge is -2.38. The molecule has 0 spiro atoms. The van der Waals surface area contributed by atoms with E-state index in [0.29, 0.717) is 6.54 Å². The van der Waals surface area contributed by atoms with Gasteiger partial charge in [-0.15, -0.1) is 0 Å². The predicted molar refractivity (Wildman–Crippen MR) is 93.7 cm³/mol. The van der Waals surface area contributed by atoms with Gasteiger partial charge in [0.15, 0.2) is 0 Å². The van der Waals surface area contributed by atoms with Crippen molar-refractivity contribution in [1.82, 2.24) is 9.80 Å². The highest BCUT2D eigenvalue weighted by molar-refractivity contribution is 5.93. The van der Waals surface area contributed by atoms with Crippen molar-refractivity contribution in [2.75, 3.05) is 44.6 Å². The zero-order chi connectivity index (χ0) is 16.8. The molecule has 1 saturated heterocycles. The molecule has 5 nitrogen and oxygen atoms in total. The van der Waals surface area contributed by atoms with E-state index < -0.39 is 0 Å².